The predicted molar refractivity (Wildman–Crippen MR) is 108 cm³/mol. The van der Waals surface area contributed by atoms with Gasteiger partial charge in [0.25, 0.3) is 0 Å². The second kappa shape index (κ2) is 8.14. The Bertz CT molecular complexity index is 1200. The molecule has 8 heteroatoms. The van der Waals surface area contributed by atoms with Crippen LogP contribution in [0.4, 0.5) is 0 Å². The van der Waals surface area contributed by atoms with Crippen LogP contribution in [-0.4, -0.2) is 25.0 Å². The fourth-order valence-corrected chi connectivity index (χ4v) is 3.23. The van der Waals surface area contributed by atoms with Gasteiger partial charge in [0.2, 0.25) is 5.91 Å². The van der Waals surface area contributed by atoms with Gasteiger partial charge in [0.1, 0.15) is 11.6 Å². The van der Waals surface area contributed by atoms with Gasteiger partial charge in [-0.05, 0) is 43.2 Å². The first kappa shape index (κ1) is 18.7. The standard InChI is InChI=1S/C21H21N5O3/c1-15-22-10-12-25(15)19-13-16(8-9-23-19)14-24-20(27)7-4-11-26-17-5-2-3-6-18(17)29-21(26)28/h2-3,5-6,8-10,12-13H,4,7,11,14H2,1H3,(H,24,27). The zero-order chi connectivity index (χ0) is 20.2. The van der Waals surface area contributed by atoms with Crippen molar-refractivity contribution in [3.63, 3.8) is 0 Å². The third-order valence-electron chi connectivity index (χ3n) is 4.73. The Morgan fingerprint density at radius 2 is 2.03 bits per heavy atom. The summed E-state index contributed by atoms with van der Waals surface area (Å²) in [5.74, 6) is 1.15. The summed E-state index contributed by atoms with van der Waals surface area (Å²) in [5, 5.41) is 2.92. The first-order valence-electron chi connectivity index (χ1n) is 9.42. The lowest BCUT2D eigenvalue weighted by Crippen LogP contribution is -2.23. The molecule has 29 heavy (non-hydrogen) atoms. The van der Waals surface area contributed by atoms with Crippen molar-refractivity contribution in [2.45, 2.75) is 32.9 Å². The van der Waals surface area contributed by atoms with Crippen LogP contribution in [0.1, 0.15) is 24.2 Å². The summed E-state index contributed by atoms with van der Waals surface area (Å²) < 4.78 is 8.65. The van der Waals surface area contributed by atoms with E-state index in [0.29, 0.717) is 31.5 Å². The van der Waals surface area contributed by atoms with Crippen LogP contribution in [0, 0.1) is 6.92 Å². The van der Waals surface area contributed by atoms with Crippen molar-refractivity contribution in [2.24, 2.45) is 0 Å². The number of hydrogen-bond donors (Lipinski definition) is 1. The largest absolute Gasteiger partial charge is 0.419 e. The Labute approximate surface area is 166 Å². The molecule has 4 aromatic rings. The Kier molecular flexibility index (Phi) is 5.24. The van der Waals surface area contributed by atoms with Gasteiger partial charge in [-0.25, -0.2) is 14.8 Å². The molecule has 3 heterocycles. The van der Waals surface area contributed by atoms with Crippen molar-refractivity contribution >= 4 is 17.0 Å². The fourth-order valence-electron chi connectivity index (χ4n) is 3.23. The van der Waals surface area contributed by atoms with E-state index < -0.39 is 5.76 Å². The zero-order valence-corrected chi connectivity index (χ0v) is 16.0. The summed E-state index contributed by atoms with van der Waals surface area (Å²) in [5.41, 5.74) is 2.26. The van der Waals surface area contributed by atoms with E-state index in [1.807, 2.05) is 48.0 Å². The molecule has 0 aliphatic rings. The number of oxazole rings is 1. The number of nitrogens with zero attached hydrogens (tertiary/aromatic N) is 4. The summed E-state index contributed by atoms with van der Waals surface area (Å²) in [6.45, 7) is 2.75. The molecule has 1 N–H and O–H groups in total. The van der Waals surface area contributed by atoms with Gasteiger partial charge in [0.15, 0.2) is 5.58 Å². The van der Waals surface area contributed by atoms with Crippen LogP contribution in [-0.2, 0) is 17.9 Å². The topological polar surface area (TPSA) is 95.0 Å². The lowest BCUT2D eigenvalue weighted by Gasteiger charge is -2.08. The first-order valence-corrected chi connectivity index (χ1v) is 9.42. The molecule has 8 nitrogen and oxygen atoms in total. The molecule has 0 fully saturated rings. The number of benzene rings is 1. The number of pyridine rings is 1. The van der Waals surface area contributed by atoms with E-state index in [4.69, 9.17) is 4.42 Å². The third-order valence-corrected chi connectivity index (χ3v) is 4.73. The number of carbonyl (C=O) groups is 1. The Hall–Kier alpha value is -3.68. The highest BCUT2D eigenvalue weighted by atomic mass is 16.4. The summed E-state index contributed by atoms with van der Waals surface area (Å²) >= 11 is 0. The Morgan fingerprint density at radius 3 is 2.86 bits per heavy atom. The molecular weight excluding hydrogens is 370 g/mol. The maximum Gasteiger partial charge on any atom is 0.419 e. The van der Waals surface area contributed by atoms with Crippen molar-refractivity contribution in [3.8, 4) is 5.82 Å². The average Bonchev–Trinajstić information content (AvgIpc) is 3.29. The van der Waals surface area contributed by atoms with Crippen LogP contribution in [0.25, 0.3) is 16.9 Å². The molecular formula is C21H21N5O3. The number of aryl methyl sites for hydroxylation is 2. The van der Waals surface area contributed by atoms with Crippen molar-refractivity contribution < 1.29 is 9.21 Å². The Morgan fingerprint density at radius 1 is 1.17 bits per heavy atom. The van der Waals surface area contributed by atoms with E-state index in [1.54, 1.807) is 23.0 Å². The fraction of sp³-hybridized carbons (Fsp3) is 0.238. The monoisotopic (exact) mass is 391 g/mol. The van der Waals surface area contributed by atoms with Gasteiger partial charge in [-0.2, -0.15) is 0 Å². The third kappa shape index (κ3) is 4.11. The van der Waals surface area contributed by atoms with Gasteiger partial charge in [-0.1, -0.05) is 12.1 Å². The number of hydrogen-bond acceptors (Lipinski definition) is 5. The highest BCUT2D eigenvalue weighted by Gasteiger charge is 2.09. The van der Waals surface area contributed by atoms with Crippen molar-refractivity contribution in [1.82, 2.24) is 24.4 Å². The molecule has 0 saturated heterocycles. The van der Waals surface area contributed by atoms with Crippen LogP contribution in [0.5, 0.6) is 0 Å². The molecule has 1 aromatic carbocycles. The number of imidazole rings is 1. The normalized spacial score (nSPS) is 11.1. The van der Waals surface area contributed by atoms with E-state index in [-0.39, 0.29) is 5.91 Å². The van der Waals surface area contributed by atoms with Crippen LogP contribution >= 0.6 is 0 Å². The number of carbonyl (C=O) groups excluding carboxylic acids is 1. The molecule has 148 valence electrons. The molecule has 0 radical (unpaired) electrons. The lowest BCUT2D eigenvalue weighted by atomic mass is 10.2. The number of aromatic nitrogens is 4. The molecule has 0 saturated carbocycles. The average molecular weight is 391 g/mol. The molecule has 1 amide bonds. The summed E-state index contributed by atoms with van der Waals surface area (Å²) in [7, 11) is 0. The van der Waals surface area contributed by atoms with E-state index >= 15 is 0 Å². The summed E-state index contributed by atoms with van der Waals surface area (Å²) in [6.07, 6.45) is 6.16. The number of nitrogens with one attached hydrogen (secondary N) is 1. The molecule has 0 aliphatic heterocycles. The molecule has 4 rings (SSSR count). The molecule has 0 spiro atoms. The minimum absolute atomic E-state index is 0.0666. The lowest BCUT2D eigenvalue weighted by molar-refractivity contribution is -0.121. The van der Waals surface area contributed by atoms with E-state index in [0.717, 1.165) is 22.7 Å². The number of rotatable bonds is 7. The van der Waals surface area contributed by atoms with Crippen LogP contribution in [0.2, 0.25) is 0 Å². The summed E-state index contributed by atoms with van der Waals surface area (Å²) in [4.78, 5) is 32.7. The molecule has 0 unspecified atom stereocenters. The number of fused-ring (bicyclic) bond motifs is 1. The first-order chi connectivity index (χ1) is 14.1. The van der Waals surface area contributed by atoms with Gasteiger partial charge in [0, 0.05) is 38.1 Å². The second-order valence-corrected chi connectivity index (χ2v) is 6.73. The maximum absolute atomic E-state index is 12.2. The van der Waals surface area contributed by atoms with Crippen molar-refractivity contribution in [2.75, 3.05) is 0 Å². The van der Waals surface area contributed by atoms with Gasteiger partial charge in [-0.15, -0.1) is 0 Å². The van der Waals surface area contributed by atoms with Crippen LogP contribution in [0.3, 0.4) is 0 Å². The second-order valence-electron chi connectivity index (χ2n) is 6.73. The van der Waals surface area contributed by atoms with Gasteiger partial charge >= 0.3 is 5.76 Å². The molecule has 0 aliphatic carbocycles. The zero-order valence-electron chi connectivity index (χ0n) is 16.0. The van der Waals surface area contributed by atoms with E-state index in [2.05, 4.69) is 15.3 Å². The number of para-hydroxylation sites is 2. The SMILES string of the molecule is Cc1nccn1-c1cc(CNC(=O)CCCn2c(=O)oc3ccccc32)ccn1. The van der Waals surface area contributed by atoms with E-state index in [9.17, 15) is 9.59 Å². The van der Waals surface area contributed by atoms with Gasteiger partial charge in [-0.3, -0.25) is 13.9 Å². The molecule has 3 aromatic heterocycles. The predicted octanol–water partition coefficient (Wildman–Crippen LogP) is 2.58. The van der Waals surface area contributed by atoms with Crippen LogP contribution < -0.4 is 11.1 Å². The Balaban J connectivity index is 1.31. The van der Waals surface area contributed by atoms with E-state index in [1.165, 1.54) is 0 Å². The van der Waals surface area contributed by atoms with Gasteiger partial charge in [0.05, 0.1) is 5.52 Å². The quantitative estimate of drug-likeness (QED) is 0.522. The number of amides is 1. The smallest absolute Gasteiger partial charge is 0.408 e. The minimum Gasteiger partial charge on any atom is -0.408 e. The molecule has 0 atom stereocenters. The van der Waals surface area contributed by atoms with Crippen LogP contribution in [0.15, 0.2) is 64.2 Å². The minimum atomic E-state index is -0.397. The summed E-state index contributed by atoms with van der Waals surface area (Å²) in [6, 6.07) is 11.1. The highest BCUT2D eigenvalue weighted by Crippen LogP contribution is 2.13. The maximum atomic E-state index is 12.2. The van der Waals surface area contributed by atoms with Crippen molar-refractivity contribution in [1.29, 1.82) is 0 Å². The molecule has 0 bridgehead atoms. The van der Waals surface area contributed by atoms with Gasteiger partial charge < -0.3 is 9.73 Å². The highest BCUT2D eigenvalue weighted by molar-refractivity contribution is 5.76. The van der Waals surface area contributed by atoms with Crippen molar-refractivity contribution in [3.05, 3.63) is 76.9 Å².